The average Bonchev–Trinajstić information content (AvgIpc) is 2.87. The van der Waals surface area contributed by atoms with E-state index in [4.69, 9.17) is 26.5 Å². The molecule has 1 amide bonds. The van der Waals surface area contributed by atoms with Crippen LogP contribution in [0, 0.1) is 13.8 Å². The first kappa shape index (κ1) is 24.3. The lowest BCUT2D eigenvalue weighted by Gasteiger charge is -2.19. The predicted octanol–water partition coefficient (Wildman–Crippen LogP) is 5.21. The molecule has 3 N–H and O–H groups in total. The Morgan fingerprint density at radius 1 is 1.08 bits per heavy atom. The van der Waals surface area contributed by atoms with E-state index in [1.165, 1.54) is 12.1 Å². The van der Waals surface area contributed by atoms with Crippen molar-refractivity contribution < 1.29 is 13.9 Å². The van der Waals surface area contributed by atoms with Crippen molar-refractivity contribution in [2.24, 2.45) is 5.73 Å². The highest BCUT2D eigenvalue weighted by molar-refractivity contribution is 6.29. The number of amides is 1. The minimum atomic E-state index is -0.783. The maximum atomic E-state index is 13.5. The molecule has 0 aliphatic heterocycles. The summed E-state index contributed by atoms with van der Waals surface area (Å²) < 4.78 is 12.4. The summed E-state index contributed by atoms with van der Waals surface area (Å²) in [5.41, 5.74) is 7.71. The Morgan fingerprint density at radius 3 is 2.62 bits per heavy atom. The molecule has 8 nitrogen and oxygen atoms in total. The molecule has 3 aromatic heterocycles. The summed E-state index contributed by atoms with van der Waals surface area (Å²) in [5.74, 6) is -0.275. The molecular weight excluding hydrogens is 494 g/mol. The summed E-state index contributed by atoms with van der Waals surface area (Å²) in [6.07, 6.45) is 0.934. The predicted molar refractivity (Wildman–Crippen MR) is 142 cm³/mol. The molecule has 0 fully saturated rings. The third-order valence-corrected chi connectivity index (χ3v) is 6.44. The van der Waals surface area contributed by atoms with Crippen molar-refractivity contribution in [3.8, 4) is 17.1 Å². The highest BCUT2D eigenvalue weighted by atomic mass is 35.5. The van der Waals surface area contributed by atoms with Gasteiger partial charge in [0.15, 0.2) is 16.9 Å². The Kier molecular flexibility index (Phi) is 6.05. The highest BCUT2D eigenvalue weighted by Crippen LogP contribution is 2.34. The molecule has 0 aliphatic carbocycles. The van der Waals surface area contributed by atoms with Crippen molar-refractivity contribution in [1.29, 1.82) is 0 Å². The fourth-order valence-corrected chi connectivity index (χ4v) is 4.56. The second kappa shape index (κ2) is 9.22. The Morgan fingerprint density at radius 2 is 1.86 bits per heavy atom. The number of aromatic amines is 1. The monoisotopic (exact) mass is 515 g/mol. The molecule has 0 spiro atoms. The number of primary amides is 1. The lowest BCUT2D eigenvalue weighted by molar-refractivity contribution is 0.0988. The number of benzene rings is 2. The summed E-state index contributed by atoms with van der Waals surface area (Å²) in [5, 5.41) is 1.76. The number of pyridine rings is 2. The molecule has 0 saturated heterocycles. The van der Waals surface area contributed by atoms with E-state index in [1.807, 2.05) is 25.1 Å². The van der Waals surface area contributed by atoms with Crippen LogP contribution in [0.4, 0.5) is 0 Å². The van der Waals surface area contributed by atoms with Crippen LogP contribution in [0.3, 0.4) is 0 Å². The van der Waals surface area contributed by atoms with Gasteiger partial charge in [-0.15, -0.1) is 0 Å². The van der Waals surface area contributed by atoms with Gasteiger partial charge in [-0.25, -0.2) is 4.98 Å². The molecule has 2 aromatic carbocycles. The number of halogens is 1. The zero-order valence-corrected chi connectivity index (χ0v) is 21.0. The van der Waals surface area contributed by atoms with Gasteiger partial charge in [-0.2, -0.15) is 0 Å². The number of hydrogen-bond donors (Lipinski definition) is 2. The first-order chi connectivity index (χ1) is 17.6. The molecule has 0 saturated carbocycles. The number of rotatable bonds is 5. The fourth-order valence-electron chi connectivity index (χ4n) is 4.42. The number of H-pyrrole nitrogens is 1. The maximum Gasteiger partial charge on any atom is 0.271 e. The van der Waals surface area contributed by atoms with Crippen molar-refractivity contribution in [2.45, 2.75) is 26.9 Å². The molecule has 1 atom stereocenters. The van der Waals surface area contributed by atoms with Gasteiger partial charge >= 0.3 is 0 Å². The second-order valence-electron chi connectivity index (χ2n) is 8.83. The zero-order valence-electron chi connectivity index (χ0n) is 20.2. The Labute approximate surface area is 215 Å². The van der Waals surface area contributed by atoms with Crippen molar-refractivity contribution >= 4 is 39.2 Å². The number of nitrogens with zero attached hydrogens (tertiary/aromatic N) is 1. The number of fused-ring (bicyclic) bond motifs is 2. The average molecular weight is 516 g/mol. The summed E-state index contributed by atoms with van der Waals surface area (Å²) >= 11 is 5.92. The molecule has 9 heteroatoms. The minimum absolute atomic E-state index is 0.101. The van der Waals surface area contributed by atoms with Crippen LogP contribution in [0.2, 0.25) is 5.15 Å². The molecule has 3 heterocycles. The number of nitrogens with two attached hydrogens (primary N) is 1. The fraction of sp³-hybridized carbons (Fsp3) is 0.143. The molecule has 5 aromatic rings. The van der Waals surface area contributed by atoms with E-state index in [0.29, 0.717) is 38.8 Å². The van der Waals surface area contributed by atoms with Crippen molar-refractivity contribution in [3.05, 3.63) is 103 Å². The summed E-state index contributed by atoms with van der Waals surface area (Å²) in [6, 6.07) is 13.8. The van der Waals surface area contributed by atoms with Crippen LogP contribution >= 0.6 is 11.6 Å². The number of aryl methyl sites for hydroxylation is 1. The minimum Gasteiger partial charge on any atom is -0.483 e. The van der Waals surface area contributed by atoms with Crippen molar-refractivity contribution in [3.63, 3.8) is 0 Å². The van der Waals surface area contributed by atoms with Crippen molar-refractivity contribution in [1.82, 2.24) is 9.97 Å². The Hall–Kier alpha value is -4.43. The van der Waals surface area contributed by atoms with Gasteiger partial charge in [0, 0.05) is 28.3 Å². The quantitative estimate of drug-likeness (QED) is 0.309. The first-order valence-electron chi connectivity index (χ1n) is 11.5. The van der Waals surface area contributed by atoms with Gasteiger partial charge in [-0.3, -0.25) is 14.4 Å². The maximum absolute atomic E-state index is 13.5. The van der Waals surface area contributed by atoms with E-state index >= 15 is 0 Å². The third kappa shape index (κ3) is 4.36. The number of carbonyl (C=O) groups is 1. The van der Waals surface area contributed by atoms with Crippen molar-refractivity contribution in [2.75, 3.05) is 0 Å². The molecule has 0 aliphatic rings. The van der Waals surface area contributed by atoms with E-state index in [2.05, 4.69) is 9.97 Å². The topological polar surface area (TPSA) is 128 Å². The standard InChI is InChI=1S/C28H22ClN3O5/c1-13-10-18(15(3)36-21-6-7-22(29)32-23(21)27(30)34)26-20(11-13)24(33)14(2)25(37-26)17-5-4-16-8-9-31-28(35)19(16)12-17/h4-12,15H,1-3H3,(H2,30,34)(H,31,35)/t15-/m1/s1. The zero-order chi connectivity index (χ0) is 26.4. The number of ether oxygens (including phenoxy) is 1. The van der Waals surface area contributed by atoms with Gasteiger partial charge in [0.05, 0.1) is 5.39 Å². The van der Waals surface area contributed by atoms with Crippen LogP contribution in [0.25, 0.3) is 33.1 Å². The summed E-state index contributed by atoms with van der Waals surface area (Å²) in [6.45, 7) is 5.33. The van der Waals surface area contributed by atoms with E-state index in [9.17, 15) is 14.4 Å². The van der Waals surface area contributed by atoms with Gasteiger partial charge < -0.3 is 19.9 Å². The van der Waals surface area contributed by atoms with E-state index in [1.54, 1.807) is 38.2 Å². The molecule has 5 rings (SSSR count). The third-order valence-electron chi connectivity index (χ3n) is 6.23. The second-order valence-corrected chi connectivity index (χ2v) is 9.22. The smallest absolute Gasteiger partial charge is 0.271 e. The lowest BCUT2D eigenvalue weighted by Crippen LogP contribution is -2.17. The molecule has 0 unspecified atom stereocenters. The van der Waals surface area contributed by atoms with Crippen LogP contribution in [0.1, 0.15) is 40.2 Å². The number of aromatic nitrogens is 2. The molecule has 186 valence electrons. The van der Waals surface area contributed by atoms with Crippen LogP contribution in [0.15, 0.2) is 68.7 Å². The number of hydrogen-bond acceptors (Lipinski definition) is 6. The van der Waals surface area contributed by atoms with Gasteiger partial charge in [0.25, 0.3) is 11.5 Å². The highest BCUT2D eigenvalue weighted by Gasteiger charge is 2.22. The number of carbonyl (C=O) groups excluding carboxylic acids is 1. The summed E-state index contributed by atoms with van der Waals surface area (Å²) in [7, 11) is 0. The van der Waals surface area contributed by atoms with Crippen LogP contribution in [-0.2, 0) is 0 Å². The van der Waals surface area contributed by atoms with E-state index in [-0.39, 0.29) is 27.6 Å². The normalized spacial score (nSPS) is 12.1. The van der Waals surface area contributed by atoms with E-state index in [0.717, 1.165) is 10.9 Å². The van der Waals surface area contributed by atoms with Crippen LogP contribution in [0.5, 0.6) is 5.75 Å². The van der Waals surface area contributed by atoms with Gasteiger partial charge in [-0.05, 0) is 68.1 Å². The number of nitrogens with one attached hydrogen (secondary N) is 1. The van der Waals surface area contributed by atoms with Gasteiger partial charge in [0.1, 0.15) is 22.6 Å². The van der Waals surface area contributed by atoms with E-state index < -0.39 is 12.0 Å². The largest absolute Gasteiger partial charge is 0.483 e. The molecule has 0 radical (unpaired) electrons. The SMILES string of the molecule is Cc1cc([C@@H](C)Oc2ccc(Cl)nc2C(N)=O)c2oc(-c3ccc4cc[nH]c(=O)c4c3)c(C)c(=O)c2c1. The lowest BCUT2D eigenvalue weighted by atomic mass is 9.99. The molecule has 0 bridgehead atoms. The molecular formula is C28H22ClN3O5. The Balaban J connectivity index is 1.69. The van der Waals surface area contributed by atoms with Crippen LogP contribution < -0.4 is 21.5 Å². The van der Waals surface area contributed by atoms with Crippen LogP contribution in [-0.4, -0.2) is 15.9 Å². The summed E-state index contributed by atoms with van der Waals surface area (Å²) in [4.78, 5) is 44.4. The Bertz CT molecular complexity index is 1840. The first-order valence-corrected chi connectivity index (χ1v) is 11.8. The van der Waals surface area contributed by atoms with Gasteiger partial charge in [0.2, 0.25) is 0 Å². The van der Waals surface area contributed by atoms with Gasteiger partial charge in [-0.1, -0.05) is 23.7 Å². The molecule has 37 heavy (non-hydrogen) atoms.